The van der Waals surface area contributed by atoms with Gasteiger partial charge < -0.3 is 14.3 Å². The van der Waals surface area contributed by atoms with Crippen molar-refractivity contribution >= 4 is 27.7 Å². The Bertz CT molecular complexity index is 644. The molecule has 0 radical (unpaired) electrons. The van der Waals surface area contributed by atoms with E-state index in [4.69, 9.17) is 14.3 Å². The van der Waals surface area contributed by atoms with Crippen LogP contribution in [-0.4, -0.2) is 24.0 Å². The Hall–Kier alpha value is -2.08. The second-order valence-electron chi connectivity index (χ2n) is 3.65. The predicted molar refractivity (Wildman–Crippen MR) is 69.8 cm³/mol. The normalized spacial score (nSPS) is 10.2. The zero-order valence-corrected chi connectivity index (χ0v) is 11.4. The number of ketones is 1. The number of carboxylic acids is 1. The summed E-state index contributed by atoms with van der Waals surface area (Å²) in [6, 6.07) is 7.38. The Morgan fingerprint density at radius 2 is 1.89 bits per heavy atom. The van der Waals surface area contributed by atoms with Gasteiger partial charge in [-0.2, -0.15) is 0 Å². The molecule has 0 amide bonds. The number of furan rings is 1. The van der Waals surface area contributed by atoms with Crippen molar-refractivity contribution in [3.05, 3.63) is 51.9 Å². The molecular formula is C13H9BrO5. The van der Waals surface area contributed by atoms with E-state index in [9.17, 15) is 9.59 Å². The highest BCUT2D eigenvalue weighted by atomic mass is 79.9. The molecule has 1 aromatic carbocycles. The lowest BCUT2D eigenvalue weighted by molar-refractivity contribution is 0.0660. The van der Waals surface area contributed by atoms with E-state index in [0.29, 0.717) is 15.8 Å². The fourth-order valence-corrected chi connectivity index (χ4v) is 2.07. The predicted octanol–water partition coefficient (Wildman–Crippen LogP) is 2.98. The van der Waals surface area contributed by atoms with Gasteiger partial charge >= 0.3 is 5.97 Å². The van der Waals surface area contributed by atoms with Gasteiger partial charge in [0.1, 0.15) is 5.75 Å². The molecule has 1 aromatic heterocycles. The summed E-state index contributed by atoms with van der Waals surface area (Å²) in [6.45, 7) is 0. The molecule has 6 heteroatoms. The molecule has 98 valence electrons. The molecule has 19 heavy (non-hydrogen) atoms. The summed E-state index contributed by atoms with van der Waals surface area (Å²) < 4.78 is 10.7. The van der Waals surface area contributed by atoms with Gasteiger partial charge in [-0.15, -0.1) is 0 Å². The van der Waals surface area contributed by atoms with Crippen LogP contribution < -0.4 is 4.74 Å². The summed E-state index contributed by atoms with van der Waals surface area (Å²) in [6.07, 6.45) is 0. The van der Waals surface area contributed by atoms with Gasteiger partial charge in [0.05, 0.1) is 11.6 Å². The molecule has 5 nitrogen and oxygen atoms in total. The quantitative estimate of drug-likeness (QED) is 0.875. The number of carboxylic acid groups (broad SMARTS) is 1. The molecule has 0 unspecified atom stereocenters. The number of ether oxygens (including phenoxy) is 1. The minimum Gasteiger partial charge on any atom is -0.496 e. The van der Waals surface area contributed by atoms with Crippen LogP contribution in [0.15, 0.2) is 39.2 Å². The third-order valence-electron chi connectivity index (χ3n) is 2.45. The number of halogens is 1. The van der Waals surface area contributed by atoms with Gasteiger partial charge in [0.15, 0.2) is 5.76 Å². The van der Waals surface area contributed by atoms with E-state index in [1.165, 1.54) is 19.2 Å². The molecule has 0 fully saturated rings. The SMILES string of the molecule is COc1ccc(C(=O)c2ccc(C(=O)O)o2)cc1Br. The van der Waals surface area contributed by atoms with Crippen LogP contribution in [0.1, 0.15) is 26.7 Å². The zero-order chi connectivity index (χ0) is 14.0. The van der Waals surface area contributed by atoms with Crippen LogP contribution in [-0.2, 0) is 0 Å². The number of aromatic carboxylic acids is 1. The average Bonchev–Trinajstić information content (AvgIpc) is 2.87. The van der Waals surface area contributed by atoms with Crippen LogP contribution in [0.4, 0.5) is 0 Å². The van der Waals surface area contributed by atoms with Crippen LogP contribution in [0.3, 0.4) is 0 Å². The maximum absolute atomic E-state index is 12.1. The van der Waals surface area contributed by atoms with Crippen molar-refractivity contribution < 1.29 is 23.8 Å². The van der Waals surface area contributed by atoms with Crippen molar-refractivity contribution in [3.63, 3.8) is 0 Å². The minimum absolute atomic E-state index is 0.0190. The van der Waals surface area contributed by atoms with Crippen LogP contribution in [0.5, 0.6) is 5.75 Å². The third-order valence-corrected chi connectivity index (χ3v) is 3.07. The number of carbonyl (C=O) groups is 2. The van der Waals surface area contributed by atoms with Gasteiger partial charge in [-0.3, -0.25) is 4.79 Å². The minimum atomic E-state index is -1.21. The van der Waals surface area contributed by atoms with Gasteiger partial charge in [0, 0.05) is 5.56 Å². The first-order chi connectivity index (χ1) is 9.02. The van der Waals surface area contributed by atoms with Crippen molar-refractivity contribution in [1.82, 2.24) is 0 Å². The molecule has 0 aliphatic heterocycles. The fourth-order valence-electron chi connectivity index (χ4n) is 1.52. The van der Waals surface area contributed by atoms with Crippen molar-refractivity contribution in [2.24, 2.45) is 0 Å². The van der Waals surface area contributed by atoms with Crippen LogP contribution in [0.25, 0.3) is 0 Å². The summed E-state index contributed by atoms with van der Waals surface area (Å²) in [5.74, 6) is -1.29. The highest BCUT2D eigenvalue weighted by molar-refractivity contribution is 9.10. The third kappa shape index (κ3) is 2.68. The number of hydrogen-bond acceptors (Lipinski definition) is 4. The first-order valence-electron chi connectivity index (χ1n) is 5.24. The van der Waals surface area contributed by atoms with Crippen molar-refractivity contribution in [1.29, 1.82) is 0 Å². The number of rotatable bonds is 4. The highest BCUT2D eigenvalue weighted by Crippen LogP contribution is 2.26. The van der Waals surface area contributed by atoms with E-state index in [2.05, 4.69) is 15.9 Å². The summed E-state index contributed by atoms with van der Waals surface area (Å²) in [7, 11) is 1.52. The molecular weight excluding hydrogens is 316 g/mol. The smallest absolute Gasteiger partial charge is 0.371 e. The number of carbonyl (C=O) groups excluding carboxylic acids is 1. The first-order valence-corrected chi connectivity index (χ1v) is 6.03. The largest absolute Gasteiger partial charge is 0.496 e. The summed E-state index contributed by atoms with van der Waals surface area (Å²) in [4.78, 5) is 22.8. The van der Waals surface area contributed by atoms with Gasteiger partial charge in [0.2, 0.25) is 11.5 Å². The number of hydrogen-bond donors (Lipinski definition) is 1. The molecule has 0 bridgehead atoms. The van der Waals surface area contributed by atoms with Crippen molar-refractivity contribution in [3.8, 4) is 5.75 Å². The van der Waals surface area contributed by atoms with E-state index in [1.54, 1.807) is 18.2 Å². The lowest BCUT2D eigenvalue weighted by Crippen LogP contribution is -2.00. The molecule has 2 aromatic rings. The maximum atomic E-state index is 12.1. The molecule has 0 atom stereocenters. The van der Waals surface area contributed by atoms with E-state index in [-0.39, 0.29) is 11.5 Å². The van der Waals surface area contributed by atoms with Gasteiger partial charge in [-0.05, 0) is 46.3 Å². The molecule has 0 saturated carbocycles. The first kappa shape index (κ1) is 13.4. The van der Waals surface area contributed by atoms with Crippen molar-refractivity contribution in [2.45, 2.75) is 0 Å². The standard InChI is InChI=1S/C13H9BrO5/c1-18-9-3-2-7(6-8(9)14)12(15)10-4-5-11(19-10)13(16)17/h2-6H,1H3,(H,16,17). The topological polar surface area (TPSA) is 76.7 Å². The lowest BCUT2D eigenvalue weighted by Gasteiger charge is -2.04. The Morgan fingerprint density at radius 1 is 1.21 bits per heavy atom. The van der Waals surface area contributed by atoms with Crippen LogP contribution in [0.2, 0.25) is 0 Å². The summed E-state index contributed by atoms with van der Waals surface area (Å²) in [5, 5.41) is 8.73. The monoisotopic (exact) mass is 324 g/mol. The summed E-state index contributed by atoms with van der Waals surface area (Å²) in [5.41, 5.74) is 0.374. The zero-order valence-electron chi connectivity index (χ0n) is 9.84. The van der Waals surface area contributed by atoms with Crippen LogP contribution in [0, 0.1) is 0 Å². The molecule has 0 aliphatic carbocycles. The second-order valence-corrected chi connectivity index (χ2v) is 4.50. The molecule has 0 saturated heterocycles. The van der Waals surface area contributed by atoms with E-state index >= 15 is 0 Å². The molecule has 0 aliphatic rings. The molecule has 0 spiro atoms. The molecule has 2 rings (SSSR count). The molecule has 1 N–H and O–H groups in total. The Labute approximate surface area is 116 Å². The van der Waals surface area contributed by atoms with E-state index in [1.807, 2.05) is 0 Å². The molecule has 1 heterocycles. The van der Waals surface area contributed by atoms with E-state index in [0.717, 1.165) is 0 Å². The fraction of sp³-hybridized carbons (Fsp3) is 0.0769. The van der Waals surface area contributed by atoms with Crippen molar-refractivity contribution in [2.75, 3.05) is 7.11 Å². The lowest BCUT2D eigenvalue weighted by atomic mass is 10.1. The Morgan fingerprint density at radius 3 is 2.42 bits per heavy atom. The Kier molecular flexibility index (Phi) is 3.71. The average molecular weight is 325 g/mol. The Balaban J connectivity index is 2.33. The second kappa shape index (κ2) is 5.27. The van der Waals surface area contributed by atoms with E-state index < -0.39 is 11.8 Å². The summed E-state index contributed by atoms with van der Waals surface area (Å²) >= 11 is 3.27. The number of benzene rings is 1. The van der Waals surface area contributed by atoms with Gasteiger partial charge in [-0.25, -0.2) is 4.79 Å². The number of methoxy groups -OCH3 is 1. The van der Waals surface area contributed by atoms with Gasteiger partial charge in [-0.1, -0.05) is 0 Å². The maximum Gasteiger partial charge on any atom is 0.371 e. The highest BCUT2D eigenvalue weighted by Gasteiger charge is 2.17. The van der Waals surface area contributed by atoms with Crippen LogP contribution >= 0.6 is 15.9 Å². The van der Waals surface area contributed by atoms with Gasteiger partial charge in [0.25, 0.3) is 0 Å².